The molecule has 124 valence electrons. The number of oxime groups is 1. The molecule has 0 N–H and O–H groups in total. The van der Waals surface area contributed by atoms with Crippen molar-refractivity contribution < 1.29 is 4.84 Å². The Morgan fingerprint density at radius 3 is 2.04 bits per heavy atom. The van der Waals surface area contributed by atoms with Crippen molar-refractivity contribution in [3.63, 3.8) is 0 Å². The molecule has 0 radical (unpaired) electrons. The standard InChI is InChI=1S/C22H15N3O/c1-2-8-15(9-3-1)14-26-25-21-17-11-5-4-10-16(17)20-22(21)24-19-13-7-6-12-18(19)23-20/h1-13H,14H2/b25-21-. The predicted molar refractivity (Wildman–Crippen MR) is 102 cm³/mol. The van der Waals surface area contributed by atoms with E-state index in [0.717, 1.165) is 44.8 Å². The van der Waals surface area contributed by atoms with Crippen molar-refractivity contribution in [2.75, 3.05) is 0 Å². The number of aromatic nitrogens is 2. The second-order valence-electron chi connectivity index (χ2n) is 6.15. The first-order chi connectivity index (χ1) is 12.9. The summed E-state index contributed by atoms with van der Waals surface area (Å²) in [7, 11) is 0. The quantitative estimate of drug-likeness (QED) is 0.453. The maximum absolute atomic E-state index is 5.65. The molecule has 0 saturated carbocycles. The minimum Gasteiger partial charge on any atom is -0.390 e. The zero-order valence-corrected chi connectivity index (χ0v) is 14.0. The van der Waals surface area contributed by atoms with Crippen molar-refractivity contribution in [1.29, 1.82) is 0 Å². The average molecular weight is 337 g/mol. The van der Waals surface area contributed by atoms with Crippen molar-refractivity contribution in [2.24, 2.45) is 5.16 Å². The minimum absolute atomic E-state index is 0.419. The average Bonchev–Trinajstić information content (AvgIpc) is 3.00. The highest BCUT2D eigenvalue weighted by Crippen LogP contribution is 2.35. The van der Waals surface area contributed by atoms with E-state index in [1.807, 2.05) is 72.8 Å². The van der Waals surface area contributed by atoms with Crippen LogP contribution in [0.15, 0.2) is 84.0 Å². The summed E-state index contributed by atoms with van der Waals surface area (Å²) in [6.45, 7) is 0.419. The van der Waals surface area contributed by atoms with E-state index in [-0.39, 0.29) is 0 Å². The molecule has 0 spiro atoms. The maximum Gasteiger partial charge on any atom is 0.142 e. The highest BCUT2D eigenvalue weighted by molar-refractivity contribution is 6.23. The molecule has 4 nitrogen and oxygen atoms in total. The van der Waals surface area contributed by atoms with Gasteiger partial charge in [-0.05, 0) is 17.7 Å². The largest absolute Gasteiger partial charge is 0.390 e. The summed E-state index contributed by atoms with van der Waals surface area (Å²) in [5.74, 6) is 0. The van der Waals surface area contributed by atoms with Gasteiger partial charge in [-0.3, -0.25) is 0 Å². The number of nitrogens with zero attached hydrogens (tertiary/aromatic N) is 3. The molecule has 3 aromatic carbocycles. The van der Waals surface area contributed by atoms with E-state index in [1.165, 1.54) is 0 Å². The van der Waals surface area contributed by atoms with Gasteiger partial charge in [-0.1, -0.05) is 71.9 Å². The van der Waals surface area contributed by atoms with Gasteiger partial charge in [0.05, 0.1) is 16.7 Å². The van der Waals surface area contributed by atoms with Crippen LogP contribution >= 0.6 is 0 Å². The number of hydrogen-bond acceptors (Lipinski definition) is 4. The number of rotatable bonds is 3. The molecule has 4 heteroatoms. The van der Waals surface area contributed by atoms with Gasteiger partial charge in [-0.15, -0.1) is 0 Å². The van der Waals surface area contributed by atoms with E-state index in [2.05, 4.69) is 11.2 Å². The molecule has 0 atom stereocenters. The lowest BCUT2D eigenvalue weighted by molar-refractivity contribution is 0.131. The lowest BCUT2D eigenvalue weighted by atomic mass is 10.1. The monoisotopic (exact) mass is 337 g/mol. The van der Waals surface area contributed by atoms with E-state index in [0.29, 0.717) is 6.61 Å². The molecular formula is C22H15N3O. The van der Waals surface area contributed by atoms with Crippen LogP contribution in [-0.2, 0) is 11.4 Å². The van der Waals surface area contributed by atoms with E-state index in [1.54, 1.807) is 0 Å². The van der Waals surface area contributed by atoms with Crippen LogP contribution in [-0.4, -0.2) is 15.7 Å². The molecule has 4 aromatic rings. The molecule has 0 unspecified atom stereocenters. The highest BCUT2D eigenvalue weighted by atomic mass is 16.6. The van der Waals surface area contributed by atoms with Crippen molar-refractivity contribution in [1.82, 2.24) is 9.97 Å². The summed E-state index contributed by atoms with van der Waals surface area (Å²) < 4.78 is 0. The molecule has 0 fully saturated rings. The summed E-state index contributed by atoms with van der Waals surface area (Å²) in [5, 5.41) is 4.42. The van der Waals surface area contributed by atoms with Gasteiger partial charge < -0.3 is 4.84 Å². The Labute approximate surface area is 150 Å². The Bertz CT molecular complexity index is 1140. The molecule has 1 aromatic heterocycles. The Balaban J connectivity index is 1.59. The summed E-state index contributed by atoms with van der Waals surface area (Å²) in [4.78, 5) is 15.3. The normalized spacial score (nSPS) is 13.6. The van der Waals surface area contributed by atoms with Crippen molar-refractivity contribution >= 4 is 16.7 Å². The summed E-state index contributed by atoms with van der Waals surface area (Å²) in [6.07, 6.45) is 0. The Morgan fingerprint density at radius 1 is 0.654 bits per heavy atom. The third kappa shape index (κ3) is 2.43. The van der Waals surface area contributed by atoms with Gasteiger partial charge in [0.1, 0.15) is 18.0 Å². The van der Waals surface area contributed by atoms with Crippen LogP contribution in [0.2, 0.25) is 0 Å². The zero-order chi connectivity index (χ0) is 17.3. The summed E-state index contributed by atoms with van der Waals surface area (Å²) >= 11 is 0. The first-order valence-corrected chi connectivity index (χ1v) is 8.51. The van der Waals surface area contributed by atoms with Gasteiger partial charge in [-0.25, -0.2) is 9.97 Å². The van der Waals surface area contributed by atoms with Gasteiger partial charge in [0.15, 0.2) is 0 Å². The third-order valence-corrected chi connectivity index (χ3v) is 4.46. The SMILES string of the molecule is c1ccc(CO/N=C2/c3ccccc3-c3nc4ccccc4nc32)cc1. The second-order valence-corrected chi connectivity index (χ2v) is 6.15. The van der Waals surface area contributed by atoms with E-state index in [4.69, 9.17) is 14.8 Å². The Morgan fingerprint density at radius 2 is 1.27 bits per heavy atom. The fourth-order valence-electron chi connectivity index (χ4n) is 3.21. The van der Waals surface area contributed by atoms with Crippen LogP contribution in [0, 0.1) is 0 Å². The van der Waals surface area contributed by atoms with Gasteiger partial charge in [0, 0.05) is 11.1 Å². The number of fused-ring (bicyclic) bond motifs is 4. The smallest absolute Gasteiger partial charge is 0.142 e. The molecule has 26 heavy (non-hydrogen) atoms. The summed E-state index contributed by atoms with van der Waals surface area (Å²) in [6, 6.07) is 26.0. The Hall–Kier alpha value is -3.53. The lowest BCUT2D eigenvalue weighted by Crippen LogP contribution is -2.03. The third-order valence-electron chi connectivity index (χ3n) is 4.46. The summed E-state index contributed by atoms with van der Waals surface area (Å²) in [5.41, 5.74) is 7.24. The van der Waals surface area contributed by atoms with Crippen LogP contribution in [0.4, 0.5) is 0 Å². The van der Waals surface area contributed by atoms with Gasteiger partial charge in [0.25, 0.3) is 0 Å². The number of benzene rings is 3. The molecule has 1 heterocycles. The van der Waals surface area contributed by atoms with Crippen LogP contribution in [0.5, 0.6) is 0 Å². The molecule has 5 rings (SSSR count). The van der Waals surface area contributed by atoms with E-state index >= 15 is 0 Å². The van der Waals surface area contributed by atoms with Crippen molar-refractivity contribution in [3.05, 3.63) is 95.7 Å². The molecule has 0 aliphatic heterocycles. The van der Waals surface area contributed by atoms with Gasteiger partial charge in [0.2, 0.25) is 0 Å². The Kier molecular flexibility index (Phi) is 3.46. The van der Waals surface area contributed by atoms with Crippen LogP contribution in [0.3, 0.4) is 0 Å². The zero-order valence-electron chi connectivity index (χ0n) is 14.0. The second kappa shape index (κ2) is 6.08. The van der Waals surface area contributed by atoms with Crippen LogP contribution in [0.25, 0.3) is 22.3 Å². The molecule has 1 aliphatic carbocycles. The van der Waals surface area contributed by atoms with Gasteiger partial charge in [-0.2, -0.15) is 0 Å². The number of para-hydroxylation sites is 2. The lowest BCUT2D eigenvalue weighted by Gasteiger charge is -2.04. The molecule has 1 aliphatic rings. The van der Waals surface area contributed by atoms with Crippen LogP contribution < -0.4 is 0 Å². The first-order valence-electron chi connectivity index (χ1n) is 8.51. The predicted octanol–water partition coefficient (Wildman–Crippen LogP) is 4.58. The topological polar surface area (TPSA) is 47.4 Å². The highest BCUT2D eigenvalue weighted by Gasteiger charge is 2.28. The fourth-order valence-corrected chi connectivity index (χ4v) is 3.21. The van der Waals surface area contributed by atoms with Crippen molar-refractivity contribution in [2.45, 2.75) is 6.61 Å². The molecule has 0 amide bonds. The molecule has 0 saturated heterocycles. The molecular weight excluding hydrogens is 322 g/mol. The van der Waals surface area contributed by atoms with Crippen molar-refractivity contribution in [3.8, 4) is 11.3 Å². The molecule has 0 bridgehead atoms. The van der Waals surface area contributed by atoms with E-state index < -0.39 is 0 Å². The number of hydrogen-bond donors (Lipinski definition) is 0. The minimum atomic E-state index is 0.419. The van der Waals surface area contributed by atoms with E-state index in [9.17, 15) is 0 Å². The van der Waals surface area contributed by atoms with Crippen LogP contribution in [0.1, 0.15) is 16.8 Å². The fraction of sp³-hybridized carbons (Fsp3) is 0.0455. The maximum atomic E-state index is 5.65. The first kappa shape index (κ1) is 14.8. The van der Waals surface area contributed by atoms with Gasteiger partial charge >= 0.3 is 0 Å².